The molecule has 0 saturated carbocycles. The van der Waals surface area contributed by atoms with Gasteiger partial charge in [-0.15, -0.1) is 0 Å². The van der Waals surface area contributed by atoms with E-state index in [0.717, 1.165) is 5.39 Å². The van der Waals surface area contributed by atoms with Crippen LogP contribution in [0.1, 0.15) is 0 Å². The van der Waals surface area contributed by atoms with Gasteiger partial charge in [-0.05, 0) is 29.7 Å². The van der Waals surface area contributed by atoms with Gasteiger partial charge in [0.15, 0.2) is 11.5 Å². The third kappa shape index (κ3) is 3.42. The molecule has 0 bridgehead atoms. The van der Waals surface area contributed by atoms with Gasteiger partial charge >= 0.3 is 0 Å². The summed E-state index contributed by atoms with van der Waals surface area (Å²) in [6.07, 6.45) is 1.75. The van der Waals surface area contributed by atoms with E-state index in [4.69, 9.17) is 14.2 Å². The first-order valence-electron chi connectivity index (χ1n) is 7.90. The van der Waals surface area contributed by atoms with E-state index >= 15 is 0 Å². The molecule has 1 N–H and O–H groups in total. The first kappa shape index (κ1) is 17.6. The molecule has 3 rings (SSSR count). The number of carbonyl (C=O) groups is 1. The van der Waals surface area contributed by atoms with Crippen LogP contribution in [0.4, 0.5) is 10.1 Å². The monoisotopic (exact) mass is 358 g/mol. The van der Waals surface area contributed by atoms with Gasteiger partial charge in [-0.3, -0.25) is 4.79 Å². The molecule has 136 valence electrons. The summed E-state index contributed by atoms with van der Waals surface area (Å²) in [4.78, 5) is 12.4. The molecular weight excluding hydrogens is 339 g/mol. The second-order valence-electron chi connectivity index (χ2n) is 5.61. The highest BCUT2D eigenvalue weighted by Crippen LogP contribution is 2.39. The number of ether oxygens (including phenoxy) is 3. The quantitative estimate of drug-likeness (QED) is 0.733. The minimum Gasteiger partial charge on any atom is -0.493 e. The number of aromatic nitrogens is 1. The van der Waals surface area contributed by atoms with Crippen LogP contribution in [-0.2, 0) is 11.3 Å². The largest absolute Gasteiger partial charge is 0.493 e. The fourth-order valence-electron chi connectivity index (χ4n) is 2.80. The number of benzene rings is 2. The van der Waals surface area contributed by atoms with Crippen molar-refractivity contribution in [1.82, 2.24) is 4.57 Å². The van der Waals surface area contributed by atoms with Gasteiger partial charge in [-0.2, -0.15) is 0 Å². The number of rotatable bonds is 6. The zero-order chi connectivity index (χ0) is 18.7. The molecule has 0 spiro atoms. The van der Waals surface area contributed by atoms with E-state index in [1.165, 1.54) is 33.5 Å². The van der Waals surface area contributed by atoms with E-state index < -0.39 is 0 Å². The van der Waals surface area contributed by atoms with Crippen LogP contribution in [0, 0.1) is 5.82 Å². The number of hydrogen-bond donors (Lipinski definition) is 1. The minimum absolute atomic E-state index is 0.0453. The van der Waals surface area contributed by atoms with Gasteiger partial charge < -0.3 is 24.1 Å². The van der Waals surface area contributed by atoms with Crippen LogP contribution >= 0.6 is 0 Å². The third-order valence-electron chi connectivity index (χ3n) is 4.00. The zero-order valence-corrected chi connectivity index (χ0v) is 14.7. The van der Waals surface area contributed by atoms with Gasteiger partial charge in [0.1, 0.15) is 12.4 Å². The summed E-state index contributed by atoms with van der Waals surface area (Å²) in [5, 5.41) is 3.66. The zero-order valence-electron chi connectivity index (χ0n) is 14.7. The number of nitrogens with one attached hydrogen (secondary N) is 1. The fraction of sp³-hybridized carbons (Fsp3) is 0.211. The van der Waals surface area contributed by atoms with Gasteiger partial charge in [0.25, 0.3) is 0 Å². The summed E-state index contributed by atoms with van der Waals surface area (Å²) >= 11 is 0. The van der Waals surface area contributed by atoms with Crippen molar-refractivity contribution in [3.05, 3.63) is 48.4 Å². The predicted molar refractivity (Wildman–Crippen MR) is 96.6 cm³/mol. The Morgan fingerprint density at radius 3 is 2.35 bits per heavy atom. The van der Waals surface area contributed by atoms with Crippen LogP contribution in [0.3, 0.4) is 0 Å². The smallest absolute Gasteiger partial charge is 0.244 e. The maximum Gasteiger partial charge on any atom is 0.244 e. The molecule has 6 nitrogen and oxygen atoms in total. The van der Waals surface area contributed by atoms with E-state index in [1.54, 1.807) is 29.0 Å². The lowest BCUT2D eigenvalue weighted by Crippen LogP contribution is -2.18. The SMILES string of the molecule is COc1cc(NC(=O)Cn2ccc3ccc(F)cc32)cc(OC)c1OC. The summed E-state index contributed by atoms with van der Waals surface area (Å²) in [5.41, 5.74) is 1.16. The molecule has 0 aliphatic carbocycles. The summed E-state index contributed by atoms with van der Waals surface area (Å²) in [6, 6.07) is 9.60. The minimum atomic E-state index is -0.345. The Hall–Kier alpha value is -3.22. The molecule has 0 unspecified atom stereocenters. The molecule has 0 aliphatic heterocycles. The lowest BCUT2D eigenvalue weighted by molar-refractivity contribution is -0.116. The first-order chi connectivity index (χ1) is 12.5. The molecular formula is C19H19FN2O4. The van der Waals surface area contributed by atoms with Crippen molar-refractivity contribution in [3.63, 3.8) is 0 Å². The number of anilines is 1. The molecule has 7 heteroatoms. The van der Waals surface area contributed by atoms with Crippen molar-refractivity contribution < 1.29 is 23.4 Å². The molecule has 1 heterocycles. The van der Waals surface area contributed by atoms with Crippen LogP contribution in [0.25, 0.3) is 10.9 Å². The van der Waals surface area contributed by atoms with Crippen LogP contribution in [0.15, 0.2) is 42.6 Å². The lowest BCUT2D eigenvalue weighted by atomic mass is 10.2. The van der Waals surface area contributed by atoms with Crippen molar-refractivity contribution in [2.75, 3.05) is 26.6 Å². The number of amides is 1. The third-order valence-corrected chi connectivity index (χ3v) is 4.00. The predicted octanol–water partition coefficient (Wildman–Crippen LogP) is 3.44. The highest BCUT2D eigenvalue weighted by molar-refractivity contribution is 5.92. The topological polar surface area (TPSA) is 61.7 Å². The van der Waals surface area contributed by atoms with Crippen molar-refractivity contribution in [2.24, 2.45) is 0 Å². The van der Waals surface area contributed by atoms with E-state index in [1.807, 2.05) is 6.07 Å². The normalized spacial score (nSPS) is 10.6. The number of hydrogen-bond acceptors (Lipinski definition) is 4. The number of fused-ring (bicyclic) bond motifs is 1. The summed E-state index contributed by atoms with van der Waals surface area (Å²) in [6.45, 7) is 0.0453. The Bertz CT molecular complexity index is 927. The summed E-state index contributed by atoms with van der Waals surface area (Å²) < 4.78 is 31.0. The van der Waals surface area contributed by atoms with Gasteiger partial charge in [0, 0.05) is 24.0 Å². The van der Waals surface area contributed by atoms with E-state index in [-0.39, 0.29) is 18.3 Å². The molecule has 0 saturated heterocycles. The average Bonchev–Trinajstić information content (AvgIpc) is 3.02. The molecule has 0 atom stereocenters. The Labute approximate surface area is 150 Å². The first-order valence-corrected chi connectivity index (χ1v) is 7.90. The van der Waals surface area contributed by atoms with Crippen molar-refractivity contribution in [2.45, 2.75) is 6.54 Å². The molecule has 0 aliphatic rings. The van der Waals surface area contributed by atoms with E-state index in [9.17, 15) is 9.18 Å². The Morgan fingerprint density at radius 1 is 1.04 bits per heavy atom. The molecule has 0 fully saturated rings. The second kappa shape index (κ2) is 7.35. The number of halogens is 1. The van der Waals surface area contributed by atoms with Crippen LogP contribution < -0.4 is 19.5 Å². The standard InChI is InChI=1S/C19H19FN2O4/c1-24-16-9-14(10-17(25-2)19(16)26-3)21-18(23)11-22-7-6-12-4-5-13(20)8-15(12)22/h4-10H,11H2,1-3H3,(H,21,23). The molecule has 26 heavy (non-hydrogen) atoms. The van der Waals surface area contributed by atoms with Gasteiger partial charge in [-0.1, -0.05) is 0 Å². The number of methoxy groups -OCH3 is 3. The average molecular weight is 358 g/mol. The van der Waals surface area contributed by atoms with Crippen molar-refractivity contribution >= 4 is 22.5 Å². The van der Waals surface area contributed by atoms with Crippen LogP contribution in [-0.4, -0.2) is 31.8 Å². The van der Waals surface area contributed by atoms with Crippen LogP contribution in [0.2, 0.25) is 0 Å². The molecule has 3 aromatic rings. The Balaban J connectivity index is 1.82. The van der Waals surface area contributed by atoms with E-state index in [2.05, 4.69) is 5.32 Å². The Morgan fingerprint density at radius 2 is 1.73 bits per heavy atom. The lowest BCUT2D eigenvalue weighted by Gasteiger charge is -2.15. The highest BCUT2D eigenvalue weighted by atomic mass is 19.1. The number of carbonyl (C=O) groups excluding carboxylic acids is 1. The maximum atomic E-state index is 13.5. The summed E-state index contributed by atoms with van der Waals surface area (Å²) in [5.74, 6) is 0.717. The van der Waals surface area contributed by atoms with Gasteiger partial charge in [0.2, 0.25) is 11.7 Å². The second-order valence-corrected chi connectivity index (χ2v) is 5.61. The molecule has 0 radical (unpaired) electrons. The molecule has 1 amide bonds. The van der Waals surface area contributed by atoms with Crippen molar-refractivity contribution in [1.29, 1.82) is 0 Å². The highest BCUT2D eigenvalue weighted by Gasteiger charge is 2.15. The fourth-order valence-corrected chi connectivity index (χ4v) is 2.80. The van der Waals surface area contributed by atoms with E-state index in [0.29, 0.717) is 28.5 Å². The molecule has 2 aromatic carbocycles. The van der Waals surface area contributed by atoms with Crippen molar-refractivity contribution in [3.8, 4) is 17.2 Å². The molecule has 1 aromatic heterocycles. The summed E-state index contributed by atoms with van der Waals surface area (Å²) in [7, 11) is 4.52. The Kier molecular flexibility index (Phi) is 4.97. The number of nitrogens with zero attached hydrogens (tertiary/aromatic N) is 1. The van der Waals surface area contributed by atoms with Gasteiger partial charge in [-0.25, -0.2) is 4.39 Å². The van der Waals surface area contributed by atoms with Gasteiger partial charge in [0.05, 0.1) is 26.8 Å². The maximum absolute atomic E-state index is 13.5. The van der Waals surface area contributed by atoms with Crippen LogP contribution in [0.5, 0.6) is 17.2 Å².